The number of anilines is 1. The highest BCUT2D eigenvalue weighted by molar-refractivity contribution is 6.00. The van der Waals surface area contributed by atoms with Crippen molar-refractivity contribution in [3.8, 4) is 0 Å². The van der Waals surface area contributed by atoms with Gasteiger partial charge in [-0.1, -0.05) is 18.2 Å². The molecule has 0 bridgehead atoms. The number of nitrogens with one attached hydrogen (secondary N) is 1. The van der Waals surface area contributed by atoms with Crippen molar-refractivity contribution in [2.75, 3.05) is 18.0 Å². The van der Waals surface area contributed by atoms with Crippen molar-refractivity contribution in [3.63, 3.8) is 0 Å². The number of aromatic nitrogens is 3. The lowest BCUT2D eigenvalue weighted by Crippen LogP contribution is -2.40. The number of fused-ring (bicyclic) bond motifs is 2. The number of carbonyl (C=O) groups is 2. The lowest BCUT2D eigenvalue weighted by Gasteiger charge is -2.35. The molecule has 1 saturated carbocycles. The molecule has 1 aliphatic carbocycles. The van der Waals surface area contributed by atoms with Gasteiger partial charge in [-0.3, -0.25) is 14.5 Å². The third-order valence-corrected chi connectivity index (χ3v) is 7.37. The van der Waals surface area contributed by atoms with Crippen LogP contribution in [0.4, 0.5) is 5.82 Å². The fourth-order valence-electron chi connectivity index (χ4n) is 5.33. The summed E-state index contributed by atoms with van der Waals surface area (Å²) in [6.07, 6.45) is 7.97. The lowest BCUT2D eigenvalue weighted by atomic mass is 9.99. The SMILES string of the molecule is Cc1nc([C@H]2CCCCN2C(=O)Cc2c[nH]c3ccccc23)nc2c1CC(=O)N2CC1CC1. The smallest absolute Gasteiger partial charge is 0.232 e. The molecule has 7 nitrogen and oxygen atoms in total. The summed E-state index contributed by atoms with van der Waals surface area (Å²) < 4.78 is 0. The van der Waals surface area contributed by atoms with Crippen molar-refractivity contribution >= 4 is 28.5 Å². The van der Waals surface area contributed by atoms with Crippen molar-refractivity contribution in [2.24, 2.45) is 5.92 Å². The van der Waals surface area contributed by atoms with Gasteiger partial charge in [0, 0.05) is 41.4 Å². The van der Waals surface area contributed by atoms with Gasteiger partial charge >= 0.3 is 0 Å². The van der Waals surface area contributed by atoms with E-state index < -0.39 is 0 Å². The minimum atomic E-state index is -0.140. The second kappa shape index (κ2) is 7.97. The molecule has 0 radical (unpaired) electrons. The molecule has 7 heteroatoms. The molecular weight excluding hydrogens is 414 g/mol. The van der Waals surface area contributed by atoms with Crippen molar-refractivity contribution in [3.05, 3.63) is 53.1 Å². The zero-order valence-electron chi connectivity index (χ0n) is 19.0. The normalized spacial score (nSPS) is 20.5. The first kappa shape index (κ1) is 20.4. The maximum absolute atomic E-state index is 13.5. The molecule has 170 valence electrons. The minimum Gasteiger partial charge on any atom is -0.361 e. The maximum Gasteiger partial charge on any atom is 0.232 e. The molecule has 0 unspecified atom stereocenters. The molecule has 1 atom stereocenters. The van der Waals surface area contributed by atoms with Crippen LogP contribution in [0.2, 0.25) is 0 Å². The van der Waals surface area contributed by atoms with Crippen LogP contribution >= 0.6 is 0 Å². The Morgan fingerprint density at radius 1 is 1.15 bits per heavy atom. The van der Waals surface area contributed by atoms with Crippen LogP contribution in [-0.2, 0) is 22.4 Å². The molecule has 1 N–H and O–H groups in total. The number of benzene rings is 1. The standard InChI is InChI=1S/C26H29N5O2/c1-16-20-13-24(33)31(15-17-9-10-17)26(20)29-25(28-16)22-8-4-5-11-30(22)23(32)12-18-14-27-21-7-3-2-6-19(18)21/h2-3,6-7,14,17,22,27H,4-5,8-13,15H2,1H3/t22-/m1/s1. The number of hydrogen-bond donors (Lipinski definition) is 1. The fourth-order valence-corrected chi connectivity index (χ4v) is 5.33. The van der Waals surface area contributed by atoms with Gasteiger partial charge in [0.25, 0.3) is 0 Å². The monoisotopic (exact) mass is 443 g/mol. The van der Waals surface area contributed by atoms with E-state index in [4.69, 9.17) is 9.97 Å². The number of aromatic amines is 1. The molecular formula is C26H29N5O2. The first-order valence-corrected chi connectivity index (χ1v) is 12.1. The fraction of sp³-hybridized carbons (Fsp3) is 0.462. The highest BCUT2D eigenvalue weighted by atomic mass is 16.2. The van der Waals surface area contributed by atoms with E-state index in [9.17, 15) is 9.59 Å². The van der Waals surface area contributed by atoms with Crippen LogP contribution in [0.1, 0.15) is 60.8 Å². The van der Waals surface area contributed by atoms with Crippen LogP contribution in [0.5, 0.6) is 0 Å². The Hall–Kier alpha value is -3.22. The summed E-state index contributed by atoms with van der Waals surface area (Å²) in [5, 5.41) is 1.10. The molecule has 2 aliphatic heterocycles. The van der Waals surface area contributed by atoms with Crippen molar-refractivity contribution in [1.82, 2.24) is 19.9 Å². The van der Waals surface area contributed by atoms with Gasteiger partial charge in [-0.2, -0.15) is 0 Å². The molecule has 4 heterocycles. The Kier molecular flexibility index (Phi) is 4.93. The van der Waals surface area contributed by atoms with E-state index in [0.29, 0.717) is 24.6 Å². The van der Waals surface area contributed by atoms with Crippen LogP contribution < -0.4 is 4.90 Å². The Morgan fingerprint density at radius 3 is 2.85 bits per heavy atom. The van der Waals surface area contributed by atoms with E-state index >= 15 is 0 Å². The number of hydrogen-bond acceptors (Lipinski definition) is 4. The molecule has 1 saturated heterocycles. The molecule has 0 spiro atoms. The molecule has 3 aromatic rings. The molecule has 2 amide bonds. The van der Waals surface area contributed by atoms with Gasteiger partial charge in [0.05, 0.1) is 18.9 Å². The van der Waals surface area contributed by atoms with Crippen molar-refractivity contribution in [1.29, 1.82) is 0 Å². The summed E-state index contributed by atoms with van der Waals surface area (Å²) in [6.45, 7) is 3.45. The Balaban J connectivity index is 1.29. The van der Waals surface area contributed by atoms with E-state index in [1.807, 2.05) is 41.1 Å². The van der Waals surface area contributed by atoms with Crippen molar-refractivity contribution in [2.45, 2.75) is 57.9 Å². The minimum absolute atomic E-state index is 0.108. The number of H-pyrrole nitrogens is 1. The van der Waals surface area contributed by atoms with E-state index in [2.05, 4.69) is 11.1 Å². The van der Waals surface area contributed by atoms with Gasteiger partial charge in [0.1, 0.15) is 5.82 Å². The average molecular weight is 444 g/mol. The number of rotatable bonds is 5. The predicted molar refractivity (Wildman–Crippen MR) is 126 cm³/mol. The highest BCUT2D eigenvalue weighted by Crippen LogP contribution is 2.38. The van der Waals surface area contributed by atoms with Crippen molar-refractivity contribution < 1.29 is 9.59 Å². The van der Waals surface area contributed by atoms with E-state index in [1.54, 1.807) is 0 Å². The topological polar surface area (TPSA) is 82.2 Å². The zero-order chi connectivity index (χ0) is 22.5. The molecule has 3 aliphatic rings. The van der Waals surface area contributed by atoms with Gasteiger partial charge < -0.3 is 9.88 Å². The highest BCUT2D eigenvalue weighted by Gasteiger charge is 2.37. The number of amides is 2. The first-order chi connectivity index (χ1) is 16.1. The van der Waals surface area contributed by atoms with Crippen LogP contribution in [0, 0.1) is 12.8 Å². The molecule has 2 aromatic heterocycles. The van der Waals surface area contributed by atoms with Gasteiger partial charge in [-0.25, -0.2) is 9.97 Å². The maximum atomic E-state index is 13.5. The van der Waals surface area contributed by atoms with Gasteiger partial charge in [-0.15, -0.1) is 0 Å². The molecule has 1 aromatic carbocycles. The average Bonchev–Trinajstić information content (AvgIpc) is 3.48. The van der Waals surface area contributed by atoms with Crippen LogP contribution in [0.25, 0.3) is 10.9 Å². The molecule has 6 rings (SSSR count). The van der Waals surface area contributed by atoms with Crippen LogP contribution in [0.3, 0.4) is 0 Å². The summed E-state index contributed by atoms with van der Waals surface area (Å²) in [5.41, 5.74) is 3.90. The van der Waals surface area contributed by atoms with E-state index in [0.717, 1.165) is 65.9 Å². The number of nitrogens with zero attached hydrogens (tertiary/aromatic N) is 4. The first-order valence-electron chi connectivity index (χ1n) is 12.1. The number of piperidine rings is 1. The largest absolute Gasteiger partial charge is 0.361 e. The Labute approximate surface area is 193 Å². The van der Waals surface area contributed by atoms with E-state index in [-0.39, 0.29) is 17.9 Å². The summed E-state index contributed by atoms with van der Waals surface area (Å²) in [4.78, 5) is 43.0. The number of aryl methyl sites for hydroxylation is 1. The van der Waals surface area contributed by atoms with Gasteiger partial charge in [-0.05, 0) is 56.6 Å². The number of para-hydroxylation sites is 1. The molecule has 33 heavy (non-hydrogen) atoms. The quantitative estimate of drug-likeness (QED) is 0.649. The van der Waals surface area contributed by atoms with Crippen LogP contribution in [0.15, 0.2) is 30.5 Å². The Morgan fingerprint density at radius 2 is 2.00 bits per heavy atom. The summed E-state index contributed by atoms with van der Waals surface area (Å²) >= 11 is 0. The van der Waals surface area contributed by atoms with Gasteiger partial charge in [0.2, 0.25) is 11.8 Å². The lowest BCUT2D eigenvalue weighted by molar-refractivity contribution is -0.134. The third-order valence-electron chi connectivity index (χ3n) is 7.37. The zero-order valence-corrected chi connectivity index (χ0v) is 19.0. The van der Waals surface area contributed by atoms with Crippen LogP contribution in [-0.4, -0.2) is 44.8 Å². The summed E-state index contributed by atoms with van der Waals surface area (Å²) in [7, 11) is 0. The summed E-state index contributed by atoms with van der Waals surface area (Å²) in [5.74, 6) is 2.31. The second-order valence-corrected chi connectivity index (χ2v) is 9.73. The third kappa shape index (κ3) is 3.69. The Bertz CT molecular complexity index is 1240. The molecule has 2 fully saturated rings. The van der Waals surface area contributed by atoms with E-state index in [1.165, 1.54) is 12.8 Å². The second-order valence-electron chi connectivity index (χ2n) is 9.73. The number of likely N-dealkylation sites (tertiary alicyclic amines) is 1. The number of carbonyl (C=O) groups excluding carboxylic acids is 2. The summed E-state index contributed by atoms with van der Waals surface area (Å²) in [6, 6.07) is 7.95. The van der Waals surface area contributed by atoms with Gasteiger partial charge in [0.15, 0.2) is 5.82 Å². The predicted octanol–water partition coefficient (Wildman–Crippen LogP) is 3.86.